The molecule has 0 saturated carbocycles. The van der Waals surface area contributed by atoms with Gasteiger partial charge in [-0.25, -0.2) is 4.79 Å². The normalized spacial score (nSPS) is 16.7. The lowest BCUT2D eigenvalue weighted by Crippen LogP contribution is -2.27. The van der Waals surface area contributed by atoms with Gasteiger partial charge in [-0.05, 0) is 24.6 Å². The maximum absolute atomic E-state index is 11.7. The number of aliphatic carboxylic acids is 1. The highest BCUT2D eigenvalue weighted by molar-refractivity contribution is 5.93. The first-order valence-corrected chi connectivity index (χ1v) is 7.22. The molecule has 1 aliphatic heterocycles. The fourth-order valence-corrected chi connectivity index (χ4v) is 2.92. The van der Waals surface area contributed by atoms with Gasteiger partial charge in [0.15, 0.2) is 5.82 Å². The molecule has 1 aromatic carbocycles. The number of fused-ring (bicyclic) bond motifs is 1. The zero-order chi connectivity index (χ0) is 16.7. The summed E-state index contributed by atoms with van der Waals surface area (Å²) in [7, 11) is 3.91. The van der Waals surface area contributed by atoms with Crippen LogP contribution in [0.15, 0.2) is 35.7 Å². The molecule has 120 valence electrons. The molecule has 0 radical (unpaired) electrons. The standard InChI is InChI=1S/C16H19N5O2/c1-8-11-12(9-4-6-10(7-5-9)21(2)3)13(16(22)23)14(17)18-15(11)20-19-8/h4-7,12H,17H2,1-3H3,(H,22,23)(H2,18,19,20). The van der Waals surface area contributed by atoms with E-state index in [9.17, 15) is 9.90 Å². The van der Waals surface area contributed by atoms with Crippen molar-refractivity contribution < 1.29 is 9.90 Å². The molecule has 1 atom stereocenters. The molecule has 7 heteroatoms. The Balaban J connectivity index is 2.16. The number of hydrogen-bond acceptors (Lipinski definition) is 5. The van der Waals surface area contributed by atoms with E-state index in [1.165, 1.54) is 0 Å². The fraction of sp³-hybridized carbons (Fsp3) is 0.250. The summed E-state index contributed by atoms with van der Waals surface area (Å²) in [6.07, 6.45) is 0. The zero-order valence-corrected chi connectivity index (χ0v) is 13.2. The van der Waals surface area contributed by atoms with E-state index >= 15 is 0 Å². The summed E-state index contributed by atoms with van der Waals surface area (Å²) in [4.78, 5) is 13.7. The second kappa shape index (κ2) is 5.35. The maximum atomic E-state index is 11.7. The van der Waals surface area contributed by atoms with Crippen LogP contribution in [0.4, 0.5) is 11.5 Å². The van der Waals surface area contributed by atoms with Gasteiger partial charge in [-0.15, -0.1) is 0 Å². The van der Waals surface area contributed by atoms with E-state index in [4.69, 9.17) is 5.73 Å². The van der Waals surface area contributed by atoms with Crippen molar-refractivity contribution in [2.24, 2.45) is 5.73 Å². The summed E-state index contributed by atoms with van der Waals surface area (Å²) in [6.45, 7) is 1.87. The number of hydrogen-bond donors (Lipinski definition) is 4. The van der Waals surface area contributed by atoms with Crippen molar-refractivity contribution in [2.45, 2.75) is 12.8 Å². The van der Waals surface area contributed by atoms with Crippen LogP contribution in [-0.4, -0.2) is 35.4 Å². The number of aromatic nitrogens is 2. The SMILES string of the molecule is Cc1[nH]nc2c1C(c1ccc(N(C)C)cc1)C(C(=O)O)=C(N)N2. The van der Waals surface area contributed by atoms with Crippen LogP contribution in [-0.2, 0) is 4.79 Å². The second-order valence-corrected chi connectivity index (χ2v) is 5.79. The van der Waals surface area contributed by atoms with E-state index in [1.54, 1.807) is 0 Å². The maximum Gasteiger partial charge on any atom is 0.336 e. The number of carboxylic acid groups (broad SMARTS) is 1. The largest absolute Gasteiger partial charge is 0.478 e. The first-order valence-electron chi connectivity index (χ1n) is 7.22. The van der Waals surface area contributed by atoms with Crippen molar-refractivity contribution in [3.63, 3.8) is 0 Å². The molecule has 0 bridgehead atoms. The van der Waals surface area contributed by atoms with E-state index in [2.05, 4.69) is 15.5 Å². The van der Waals surface area contributed by atoms with E-state index in [1.807, 2.05) is 50.2 Å². The third-order valence-corrected chi connectivity index (χ3v) is 4.09. The summed E-state index contributed by atoms with van der Waals surface area (Å²) in [5, 5.41) is 19.6. The Kier molecular flexibility index (Phi) is 3.48. The number of anilines is 2. The molecule has 1 unspecified atom stereocenters. The van der Waals surface area contributed by atoms with Crippen molar-refractivity contribution >= 4 is 17.5 Å². The molecule has 7 nitrogen and oxygen atoms in total. The van der Waals surface area contributed by atoms with Crippen molar-refractivity contribution in [1.82, 2.24) is 10.2 Å². The number of carbonyl (C=O) groups is 1. The Bertz CT molecular complexity index is 789. The summed E-state index contributed by atoms with van der Waals surface area (Å²) < 4.78 is 0. The van der Waals surface area contributed by atoms with Crippen LogP contribution in [0.5, 0.6) is 0 Å². The van der Waals surface area contributed by atoms with Crippen LogP contribution >= 0.6 is 0 Å². The van der Waals surface area contributed by atoms with Crippen molar-refractivity contribution in [3.8, 4) is 0 Å². The van der Waals surface area contributed by atoms with E-state index in [0.29, 0.717) is 5.82 Å². The van der Waals surface area contributed by atoms with Gasteiger partial charge >= 0.3 is 5.97 Å². The number of nitrogens with two attached hydrogens (primary N) is 1. The predicted octanol–water partition coefficient (Wildman–Crippen LogP) is 1.60. The van der Waals surface area contributed by atoms with Crippen molar-refractivity contribution in [3.05, 3.63) is 52.5 Å². The van der Waals surface area contributed by atoms with Crippen molar-refractivity contribution in [2.75, 3.05) is 24.3 Å². The third kappa shape index (κ3) is 2.40. The molecule has 1 aromatic heterocycles. The van der Waals surface area contributed by atoms with Crippen LogP contribution in [0.1, 0.15) is 22.7 Å². The number of carboxylic acids is 1. The number of aromatic amines is 1. The Hall–Kier alpha value is -2.96. The summed E-state index contributed by atoms with van der Waals surface area (Å²) >= 11 is 0. The molecule has 0 amide bonds. The molecule has 2 heterocycles. The summed E-state index contributed by atoms with van der Waals surface area (Å²) in [6, 6.07) is 7.78. The summed E-state index contributed by atoms with van der Waals surface area (Å²) in [5.41, 5.74) is 9.61. The Morgan fingerprint density at radius 1 is 1.30 bits per heavy atom. The lowest BCUT2D eigenvalue weighted by Gasteiger charge is -2.26. The molecule has 1 aliphatic rings. The van der Waals surface area contributed by atoms with Gasteiger partial charge in [0.2, 0.25) is 0 Å². The first-order chi connectivity index (χ1) is 10.9. The van der Waals surface area contributed by atoms with Gasteiger partial charge < -0.3 is 21.1 Å². The van der Waals surface area contributed by atoms with Crippen molar-refractivity contribution in [1.29, 1.82) is 0 Å². The lowest BCUT2D eigenvalue weighted by atomic mass is 9.82. The highest BCUT2D eigenvalue weighted by atomic mass is 16.4. The minimum absolute atomic E-state index is 0.123. The van der Waals surface area contributed by atoms with E-state index in [-0.39, 0.29) is 11.4 Å². The number of H-pyrrole nitrogens is 1. The molecule has 0 aliphatic carbocycles. The Morgan fingerprint density at radius 2 is 1.96 bits per heavy atom. The van der Waals surface area contributed by atoms with Crippen LogP contribution in [0.3, 0.4) is 0 Å². The lowest BCUT2D eigenvalue weighted by molar-refractivity contribution is -0.133. The third-order valence-electron chi connectivity index (χ3n) is 4.09. The van der Waals surface area contributed by atoms with E-state index < -0.39 is 11.9 Å². The van der Waals surface area contributed by atoms with Gasteiger partial charge in [-0.2, -0.15) is 5.10 Å². The highest BCUT2D eigenvalue weighted by Crippen LogP contribution is 2.41. The van der Waals surface area contributed by atoms with Gasteiger partial charge in [-0.1, -0.05) is 12.1 Å². The number of rotatable bonds is 3. The molecule has 2 aromatic rings. The smallest absolute Gasteiger partial charge is 0.336 e. The average molecular weight is 313 g/mol. The molecule has 0 saturated heterocycles. The van der Waals surface area contributed by atoms with Crippen LogP contribution < -0.4 is 16.0 Å². The number of benzene rings is 1. The second-order valence-electron chi connectivity index (χ2n) is 5.79. The van der Waals surface area contributed by atoms with Gasteiger partial charge in [0.05, 0.1) is 11.5 Å². The predicted molar refractivity (Wildman–Crippen MR) is 88.4 cm³/mol. The molecular weight excluding hydrogens is 294 g/mol. The molecule has 0 spiro atoms. The number of nitrogens with zero attached hydrogens (tertiary/aromatic N) is 2. The monoisotopic (exact) mass is 313 g/mol. The Labute approximate surface area is 133 Å². The average Bonchev–Trinajstić information content (AvgIpc) is 2.86. The number of nitrogens with one attached hydrogen (secondary N) is 2. The molecule has 5 N–H and O–H groups in total. The van der Waals surface area contributed by atoms with Crippen LogP contribution in [0, 0.1) is 6.92 Å². The minimum atomic E-state index is -1.04. The van der Waals surface area contributed by atoms with Gasteiger partial charge in [0, 0.05) is 31.0 Å². The fourth-order valence-electron chi connectivity index (χ4n) is 2.92. The molecule has 0 fully saturated rings. The van der Waals surface area contributed by atoms with Crippen LogP contribution in [0.2, 0.25) is 0 Å². The van der Waals surface area contributed by atoms with E-state index in [0.717, 1.165) is 22.5 Å². The Morgan fingerprint density at radius 3 is 2.52 bits per heavy atom. The first kappa shape index (κ1) is 15.0. The van der Waals surface area contributed by atoms with Gasteiger partial charge in [0.25, 0.3) is 0 Å². The van der Waals surface area contributed by atoms with Crippen LogP contribution in [0.25, 0.3) is 0 Å². The quantitative estimate of drug-likeness (QED) is 0.685. The minimum Gasteiger partial charge on any atom is -0.478 e. The highest BCUT2D eigenvalue weighted by Gasteiger charge is 2.35. The van der Waals surface area contributed by atoms with Gasteiger partial charge in [0.1, 0.15) is 5.82 Å². The molecule has 3 rings (SSSR count). The zero-order valence-electron chi connectivity index (χ0n) is 13.2. The topological polar surface area (TPSA) is 107 Å². The molecular formula is C16H19N5O2. The summed E-state index contributed by atoms with van der Waals surface area (Å²) in [5.74, 6) is -0.800. The van der Waals surface area contributed by atoms with Gasteiger partial charge in [-0.3, -0.25) is 5.10 Å². The molecule has 23 heavy (non-hydrogen) atoms. The number of aryl methyl sites for hydroxylation is 1.